The monoisotopic (exact) mass is 274 g/mol. The molecule has 0 spiro atoms. The molecule has 0 aliphatic heterocycles. The molecule has 0 radical (unpaired) electrons. The van der Waals surface area contributed by atoms with Crippen LogP contribution in [0.3, 0.4) is 0 Å². The fourth-order valence-corrected chi connectivity index (χ4v) is 1.86. The lowest BCUT2D eigenvalue weighted by atomic mass is 10.0. The van der Waals surface area contributed by atoms with E-state index in [0.717, 1.165) is 15.6 Å². The molecule has 0 unspecified atom stereocenters. The van der Waals surface area contributed by atoms with E-state index in [1.165, 1.54) is 12.1 Å². The summed E-state index contributed by atoms with van der Waals surface area (Å²) in [6.45, 7) is 1.89. The molecule has 0 saturated carbocycles. The van der Waals surface area contributed by atoms with Crippen LogP contribution >= 0.6 is 15.9 Å². The van der Waals surface area contributed by atoms with Gasteiger partial charge in [0, 0.05) is 10.9 Å². The normalized spacial score (nSPS) is 10.3. The summed E-state index contributed by atoms with van der Waals surface area (Å²) in [6.07, 6.45) is 1.24. The second-order valence-corrected chi connectivity index (χ2v) is 4.27. The summed E-state index contributed by atoms with van der Waals surface area (Å²) in [5.41, 5.74) is 1.84. The van der Waals surface area contributed by atoms with Crippen molar-refractivity contribution >= 4 is 21.9 Å². The van der Waals surface area contributed by atoms with Crippen molar-refractivity contribution in [2.24, 2.45) is 0 Å². The minimum Gasteiger partial charge on any atom is -0.481 e. The standard InChI is InChI=1S/C11H12BrFO2/c1-7-8(3-2-4-11(14)15)5-9(13)6-10(7)12/h5-6H,2-4H2,1H3,(H,14,15). The van der Waals surface area contributed by atoms with Crippen LogP contribution in [0, 0.1) is 12.7 Å². The van der Waals surface area contributed by atoms with Crippen LogP contribution in [0.1, 0.15) is 24.0 Å². The Kier molecular flexibility index (Phi) is 4.27. The summed E-state index contributed by atoms with van der Waals surface area (Å²) >= 11 is 3.26. The molecule has 1 aromatic carbocycles. The minimum atomic E-state index is -0.817. The van der Waals surface area contributed by atoms with Gasteiger partial charge in [-0.2, -0.15) is 0 Å². The molecule has 82 valence electrons. The van der Waals surface area contributed by atoms with E-state index in [-0.39, 0.29) is 12.2 Å². The molecule has 0 fully saturated rings. The van der Waals surface area contributed by atoms with Crippen molar-refractivity contribution in [3.63, 3.8) is 0 Å². The molecule has 1 N–H and O–H groups in total. The van der Waals surface area contributed by atoms with Crippen molar-refractivity contribution in [2.75, 3.05) is 0 Å². The van der Waals surface area contributed by atoms with Gasteiger partial charge in [-0.15, -0.1) is 0 Å². The summed E-state index contributed by atoms with van der Waals surface area (Å²) in [5, 5.41) is 8.49. The molecule has 0 aliphatic carbocycles. The van der Waals surface area contributed by atoms with Gasteiger partial charge in [0.05, 0.1) is 0 Å². The Morgan fingerprint density at radius 2 is 2.20 bits per heavy atom. The first-order chi connectivity index (χ1) is 7.00. The molecule has 0 atom stereocenters. The number of benzene rings is 1. The van der Waals surface area contributed by atoms with E-state index in [1.54, 1.807) is 0 Å². The average molecular weight is 275 g/mol. The van der Waals surface area contributed by atoms with Crippen molar-refractivity contribution in [3.8, 4) is 0 Å². The van der Waals surface area contributed by atoms with Crippen molar-refractivity contribution in [1.29, 1.82) is 0 Å². The maximum Gasteiger partial charge on any atom is 0.303 e. The van der Waals surface area contributed by atoms with Crippen LogP contribution in [0.25, 0.3) is 0 Å². The number of carbonyl (C=O) groups is 1. The lowest BCUT2D eigenvalue weighted by molar-refractivity contribution is -0.137. The lowest BCUT2D eigenvalue weighted by Crippen LogP contribution is -1.98. The number of rotatable bonds is 4. The van der Waals surface area contributed by atoms with E-state index in [2.05, 4.69) is 15.9 Å². The highest BCUT2D eigenvalue weighted by Gasteiger charge is 2.06. The van der Waals surface area contributed by atoms with Gasteiger partial charge < -0.3 is 5.11 Å². The summed E-state index contributed by atoms with van der Waals surface area (Å²) in [7, 11) is 0. The zero-order valence-corrected chi connectivity index (χ0v) is 9.97. The summed E-state index contributed by atoms with van der Waals surface area (Å²) < 4.78 is 13.8. The first-order valence-corrected chi connectivity index (χ1v) is 5.46. The Balaban J connectivity index is 2.72. The molecule has 0 bridgehead atoms. The van der Waals surface area contributed by atoms with Gasteiger partial charge >= 0.3 is 5.97 Å². The van der Waals surface area contributed by atoms with Gasteiger partial charge in [0.15, 0.2) is 0 Å². The second kappa shape index (κ2) is 5.26. The predicted molar refractivity (Wildman–Crippen MR) is 59.4 cm³/mol. The van der Waals surface area contributed by atoms with Gasteiger partial charge in [0.25, 0.3) is 0 Å². The first-order valence-electron chi connectivity index (χ1n) is 4.67. The highest BCUT2D eigenvalue weighted by molar-refractivity contribution is 9.10. The molecule has 1 rings (SSSR count). The smallest absolute Gasteiger partial charge is 0.303 e. The number of aliphatic carboxylic acids is 1. The first kappa shape index (κ1) is 12.2. The number of carboxylic acids is 1. The molecule has 15 heavy (non-hydrogen) atoms. The molecule has 1 aromatic rings. The van der Waals surface area contributed by atoms with Crippen molar-refractivity contribution in [3.05, 3.63) is 33.5 Å². The molecule has 4 heteroatoms. The van der Waals surface area contributed by atoms with Crippen LogP contribution in [0.2, 0.25) is 0 Å². The van der Waals surface area contributed by atoms with Gasteiger partial charge in [-0.3, -0.25) is 4.79 Å². The number of carboxylic acid groups (broad SMARTS) is 1. The summed E-state index contributed by atoms with van der Waals surface area (Å²) in [6, 6.07) is 2.87. The number of halogens is 2. The van der Waals surface area contributed by atoms with Crippen LogP contribution in [0.15, 0.2) is 16.6 Å². The second-order valence-electron chi connectivity index (χ2n) is 3.42. The number of aryl methyl sites for hydroxylation is 1. The van der Waals surface area contributed by atoms with Gasteiger partial charge in [-0.25, -0.2) is 4.39 Å². The van der Waals surface area contributed by atoms with E-state index >= 15 is 0 Å². The number of hydrogen-bond donors (Lipinski definition) is 1. The SMILES string of the molecule is Cc1c(Br)cc(F)cc1CCCC(=O)O. The van der Waals surface area contributed by atoms with Gasteiger partial charge in [0.1, 0.15) is 5.82 Å². The molecule has 0 aromatic heterocycles. The van der Waals surface area contributed by atoms with E-state index < -0.39 is 5.97 Å². The average Bonchev–Trinajstić information content (AvgIpc) is 2.12. The Hall–Kier alpha value is -0.900. The Morgan fingerprint density at radius 1 is 1.53 bits per heavy atom. The third-order valence-corrected chi connectivity index (χ3v) is 3.08. The van der Waals surface area contributed by atoms with E-state index in [4.69, 9.17) is 5.11 Å². The highest BCUT2D eigenvalue weighted by atomic mass is 79.9. The van der Waals surface area contributed by atoms with Gasteiger partial charge in [-0.1, -0.05) is 15.9 Å². The molecule has 2 nitrogen and oxygen atoms in total. The van der Waals surface area contributed by atoms with E-state index in [9.17, 15) is 9.18 Å². The fraction of sp³-hybridized carbons (Fsp3) is 0.364. The largest absolute Gasteiger partial charge is 0.481 e. The van der Waals surface area contributed by atoms with Crippen LogP contribution in [-0.4, -0.2) is 11.1 Å². The molecule has 0 amide bonds. The summed E-state index contributed by atoms with van der Waals surface area (Å²) in [4.78, 5) is 10.3. The van der Waals surface area contributed by atoms with Crippen molar-refractivity contribution in [1.82, 2.24) is 0 Å². The molecule has 0 heterocycles. The zero-order valence-electron chi connectivity index (χ0n) is 8.39. The molecular formula is C11H12BrFO2. The molecular weight excluding hydrogens is 263 g/mol. The van der Waals surface area contributed by atoms with Crippen LogP contribution in [-0.2, 0) is 11.2 Å². The quantitative estimate of drug-likeness (QED) is 0.915. The topological polar surface area (TPSA) is 37.3 Å². The lowest BCUT2D eigenvalue weighted by Gasteiger charge is -2.07. The Labute approximate surface area is 96.2 Å². The van der Waals surface area contributed by atoms with Gasteiger partial charge in [-0.05, 0) is 43.0 Å². The third-order valence-electron chi connectivity index (χ3n) is 2.25. The summed E-state index contributed by atoms with van der Waals surface area (Å²) in [5.74, 6) is -1.11. The minimum absolute atomic E-state index is 0.119. The highest BCUT2D eigenvalue weighted by Crippen LogP contribution is 2.22. The molecule has 0 aliphatic rings. The maximum absolute atomic E-state index is 13.0. The maximum atomic E-state index is 13.0. The Bertz CT molecular complexity index is 377. The van der Waals surface area contributed by atoms with Crippen molar-refractivity contribution in [2.45, 2.75) is 26.2 Å². The van der Waals surface area contributed by atoms with E-state index in [1.807, 2.05) is 6.92 Å². The fourth-order valence-electron chi connectivity index (χ4n) is 1.39. The zero-order chi connectivity index (χ0) is 11.4. The number of hydrogen-bond acceptors (Lipinski definition) is 1. The van der Waals surface area contributed by atoms with Crippen LogP contribution in [0.5, 0.6) is 0 Å². The third kappa shape index (κ3) is 3.63. The molecule has 0 saturated heterocycles. The van der Waals surface area contributed by atoms with Crippen molar-refractivity contribution < 1.29 is 14.3 Å². The van der Waals surface area contributed by atoms with Crippen LogP contribution in [0.4, 0.5) is 4.39 Å². The van der Waals surface area contributed by atoms with Crippen LogP contribution < -0.4 is 0 Å². The van der Waals surface area contributed by atoms with Gasteiger partial charge in [0.2, 0.25) is 0 Å². The van der Waals surface area contributed by atoms with E-state index in [0.29, 0.717) is 12.8 Å². The predicted octanol–water partition coefficient (Wildman–Crippen LogP) is 3.30. The Morgan fingerprint density at radius 3 is 2.80 bits per heavy atom.